The summed E-state index contributed by atoms with van der Waals surface area (Å²) >= 11 is 0. The van der Waals surface area contributed by atoms with Crippen molar-refractivity contribution in [1.29, 1.82) is 0 Å². The summed E-state index contributed by atoms with van der Waals surface area (Å²) in [5.41, 5.74) is 0.103. The summed E-state index contributed by atoms with van der Waals surface area (Å²) in [5, 5.41) is 16.6. The van der Waals surface area contributed by atoms with Gasteiger partial charge in [0.05, 0.1) is 18.1 Å². The zero-order valence-corrected chi connectivity index (χ0v) is 11.8. The molecular formula is C13H19N3O4. The smallest absolute Gasteiger partial charge is 0.333 e. The molecule has 7 nitrogen and oxygen atoms in total. The van der Waals surface area contributed by atoms with Gasteiger partial charge >= 0.3 is 5.69 Å². The summed E-state index contributed by atoms with van der Waals surface area (Å²) in [7, 11) is 0. The number of rotatable bonds is 7. The van der Waals surface area contributed by atoms with Gasteiger partial charge in [-0.25, -0.2) is 0 Å². The van der Waals surface area contributed by atoms with Crippen molar-refractivity contribution in [2.45, 2.75) is 26.8 Å². The first kappa shape index (κ1) is 15.7. The van der Waals surface area contributed by atoms with Crippen molar-refractivity contribution in [2.75, 3.05) is 18.5 Å². The molecular weight excluding hydrogens is 262 g/mol. The largest absolute Gasteiger partial charge is 0.487 e. The quantitative estimate of drug-likeness (QED) is 0.588. The Morgan fingerprint density at radius 3 is 2.70 bits per heavy atom. The number of para-hydroxylation sites is 1. The number of anilines is 1. The third-order valence-corrected chi connectivity index (χ3v) is 2.37. The molecule has 1 aromatic rings. The van der Waals surface area contributed by atoms with Crippen LogP contribution in [0, 0.1) is 10.1 Å². The van der Waals surface area contributed by atoms with Gasteiger partial charge in [-0.2, -0.15) is 0 Å². The molecule has 0 heterocycles. The van der Waals surface area contributed by atoms with Gasteiger partial charge in [-0.3, -0.25) is 14.9 Å². The Bertz CT molecular complexity index is 489. The van der Waals surface area contributed by atoms with Gasteiger partial charge in [-0.15, -0.1) is 0 Å². The molecule has 0 saturated carbocycles. The highest BCUT2D eigenvalue weighted by Gasteiger charge is 2.21. The van der Waals surface area contributed by atoms with E-state index in [1.165, 1.54) is 6.07 Å². The molecule has 0 aliphatic heterocycles. The van der Waals surface area contributed by atoms with Crippen molar-refractivity contribution < 1.29 is 14.5 Å². The summed E-state index contributed by atoms with van der Waals surface area (Å²) in [6.07, 6.45) is 0. The second-order valence-corrected chi connectivity index (χ2v) is 4.42. The molecule has 0 spiro atoms. The number of nitrogens with zero attached hydrogens (tertiary/aromatic N) is 1. The maximum Gasteiger partial charge on any atom is 0.333 e. The van der Waals surface area contributed by atoms with E-state index in [4.69, 9.17) is 4.74 Å². The number of nitrogens with one attached hydrogen (secondary N) is 2. The third-order valence-electron chi connectivity index (χ3n) is 2.37. The molecule has 1 aromatic carbocycles. The Hall–Kier alpha value is -2.31. The highest BCUT2D eigenvalue weighted by atomic mass is 16.6. The summed E-state index contributed by atoms with van der Waals surface area (Å²) < 4.78 is 5.23. The lowest BCUT2D eigenvalue weighted by Crippen LogP contribution is -2.34. The van der Waals surface area contributed by atoms with Crippen molar-refractivity contribution in [1.82, 2.24) is 5.32 Å². The van der Waals surface area contributed by atoms with Crippen LogP contribution in [0.2, 0.25) is 0 Å². The Morgan fingerprint density at radius 2 is 2.15 bits per heavy atom. The number of nitro benzene ring substituents is 1. The van der Waals surface area contributed by atoms with Crippen LogP contribution in [0.5, 0.6) is 5.75 Å². The minimum Gasteiger partial charge on any atom is -0.487 e. The molecule has 0 unspecified atom stereocenters. The number of benzene rings is 1. The third kappa shape index (κ3) is 4.42. The van der Waals surface area contributed by atoms with E-state index in [2.05, 4.69) is 10.6 Å². The molecule has 7 heteroatoms. The number of hydrogen-bond acceptors (Lipinski definition) is 5. The molecule has 0 radical (unpaired) electrons. The molecule has 0 aromatic heterocycles. The van der Waals surface area contributed by atoms with E-state index >= 15 is 0 Å². The lowest BCUT2D eigenvalue weighted by molar-refractivity contribution is -0.384. The van der Waals surface area contributed by atoms with Crippen LogP contribution in [-0.2, 0) is 4.79 Å². The Labute approximate surface area is 117 Å². The van der Waals surface area contributed by atoms with E-state index in [0.717, 1.165) is 0 Å². The molecule has 0 saturated heterocycles. The van der Waals surface area contributed by atoms with Crippen molar-refractivity contribution >= 4 is 17.3 Å². The zero-order valence-electron chi connectivity index (χ0n) is 11.8. The molecule has 0 atom stereocenters. The molecule has 0 aliphatic carbocycles. The van der Waals surface area contributed by atoms with Gasteiger partial charge in [0.25, 0.3) is 0 Å². The van der Waals surface area contributed by atoms with Crippen LogP contribution >= 0.6 is 0 Å². The Kier molecular flexibility index (Phi) is 5.76. The fraction of sp³-hybridized carbons (Fsp3) is 0.462. The fourth-order valence-corrected chi connectivity index (χ4v) is 1.67. The van der Waals surface area contributed by atoms with Crippen LogP contribution in [0.4, 0.5) is 11.4 Å². The first-order valence-corrected chi connectivity index (χ1v) is 6.39. The van der Waals surface area contributed by atoms with E-state index in [9.17, 15) is 14.9 Å². The average Bonchev–Trinajstić information content (AvgIpc) is 2.35. The topological polar surface area (TPSA) is 93.5 Å². The molecule has 0 bridgehead atoms. The van der Waals surface area contributed by atoms with Gasteiger partial charge in [-0.1, -0.05) is 6.07 Å². The molecule has 0 aliphatic rings. The SMILES string of the molecule is CCOc1cccc(NCC(=O)NC(C)C)c1[N+](=O)[O-]. The number of hydrogen-bond donors (Lipinski definition) is 2. The number of nitro groups is 1. The van der Waals surface area contributed by atoms with Gasteiger partial charge in [0, 0.05) is 6.04 Å². The molecule has 1 rings (SSSR count). The monoisotopic (exact) mass is 281 g/mol. The van der Waals surface area contributed by atoms with E-state index < -0.39 is 4.92 Å². The average molecular weight is 281 g/mol. The Balaban J connectivity index is 2.86. The minimum absolute atomic E-state index is 0.0223. The van der Waals surface area contributed by atoms with Gasteiger partial charge < -0.3 is 15.4 Å². The van der Waals surface area contributed by atoms with E-state index in [1.54, 1.807) is 19.1 Å². The summed E-state index contributed by atoms with van der Waals surface area (Å²) in [4.78, 5) is 22.1. The lowest BCUT2D eigenvalue weighted by atomic mass is 10.2. The van der Waals surface area contributed by atoms with Gasteiger partial charge in [0.2, 0.25) is 5.91 Å². The van der Waals surface area contributed by atoms with Gasteiger partial charge in [0.1, 0.15) is 5.69 Å². The maximum absolute atomic E-state index is 11.5. The number of carbonyl (C=O) groups excluding carboxylic acids is 1. The zero-order chi connectivity index (χ0) is 15.1. The highest BCUT2D eigenvalue weighted by molar-refractivity contribution is 5.82. The summed E-state index contributed by atoms with van der Waals surface area (Å²) in [6.45, 7) is 5.73. The fourth-order valence-electron chi connectivity index (χ4n) is 1.67. The first-order valence-electron chi connectivity index (χ1n) is 6.39. The van der Waals surface area contributed by atoms with Crippen LogP contribution in [0.3, 0.4) is 0 Å². The Morgan fingerprint density at radius 1 is 1.45 bits per heavy atom. The van der Waals surface area contributed by atoms with Gasteiger partial charge in [0.15, 0.2) is 5.75 Å². The first-order chi connectivity index (χ1) is 9.45. The van der Waals surface area contributed by atoms with Crippen molar-refractivity contribution in [3.05, 3.63) is 28.3 Å². The predicted octanol–water partition coefficient (Wildman–Crippen LogP) is 1.93. The van der Waals surface area contributed by atoms with E-state index in [-0.39, 0.29) is 35.6 Å². The molecule has 2 N–H and O–H groups in total. The van der Waals surface area contributed by atoms with Crippen molar-refractivity contribution in [3.8, 4) is 5.75 Å². The van der Waals surface area contributed by atoms with E-state index in [0.29, 0.717) is 6.61 Å². The second kappa shape index (κ2) is 7.32. The summed E-state index contributed by atoms with van der Waals surface area (Å²) in [5.74, 6) is -0.0390. The molecule has 0 fully saturated rings. The lowest BCUT2D eigenvalue weighted by Gasteiger charge is -2.11. The van der Waals surface area contributed by atoms with Crippen LogP contribution in [-0.4, -0.2) is 30.0 Å². The number of ether oxygens (including phenoxy) is 1. The van der Waals surface area contributed by atoms with Crippen LogP contribution in [0.15, 0.2) is 18.2 Å². The second-order valence-electron chi connectivity index (χ2n) is 4.42. The number of carbonyl (C=O) groups is 1. The van der Waals surface area contributed by atoms with Crippen molar-refractivity contribution in [2.24, 2.45) is 0 Å². The minimum atomic E-state index is -0.520. The molecule has 110 valence electrons. The van der Waals surface area contributed by atoms with Gasteiger partial charge in [-0.05, 0) is 32.9 Å². The normalized spacial score (nSPS) is 10.2. The van der Waals surface area contributed by atoms with Crippen LogP contribution in [0.25, 0.3) is 0 Å². The van der Waals surface area contributed by atoms with Crippen LogP contribution in [0.1, 0.15) is 20.8 Å². The maximum atomic E-state index is 11.5. The molecule has 1 amide bonds. The summed E-state index contributed by atoms with van der Waals surface area (Å²) in [6, 6.07) is 4.74. The van der Waals surface area contributed by atoms with E-state index in [1.807, 2.05) is 13.8 Å². The predicted molar refractivity (Wildman–Crippen MR) is 76.0 cm³/mol. The highest BCUT2D eigenvalue weighted by Crippen LogP contribution is 2.34. The molecule has 20 heavy (non-hydrogen) atoms. The van der Waals surface area contributed by atoms with Crippen LogP contribution < -0.4 is 15.4 Å². The standard InChI is InChI=1S/C13H19N3O4/c1-4-20-11-7-5-6-10(13(11)16(18)19)14-8-12(17)15-9(2)3/h5-7,9,14H,4,8H2,1-3H3,(H,15,17). The number of amides is 1. The van der Waals surface area contributed by atoms with Crippen molar-refractivity contribution in [3.63, 3.8) is 0 Å².